The summed E-state index contributed by atoms with van der Waals surface area (Å²) in [5.74, 6) is -0.761. The van der Waals surface area contributed by atoms with E-state index in [-0.39, 0.29) is 11.3 Å². The van der Waals surface area contributed by atoms with Gasteiger partial charge in [0.2, 0.25) is 0 Å². The van der Waals surface area contributed by atoms with E-state index in [1.54, 1.807) is 0 Å². The standard InChI is InChI=1S/C7H5F2NO2/c8-4-5-3-6(10(11)12)1-2-7(5)9/h1-3H,4H2. The number of halogens is 2. The molecule has 12 heavy (non-hydrogen) atoms. The van der Waals surface area contributed by atoms with Gasteiger partial charge in [-0.05, 0) is 6.07 Å². The molecule has 0 aliphatic heterocycles. The molecular weight excluding hydrogens is 168 g/mol. The smallest absolute Gasteiger partial charge is 0.258 e. The van der Waals surface area contributed by atoms with E-state index in [9.17, 15) is 18.9 Å². The maximum atomic E-state index is 12.6. The average Bonchev–Trinajstić information content (AvgIpc) is 2.05. The first-order valence-corrected chi connectivity index (χ1v) is 3.14. The van der Waals surface area contributed by atoms with Crippen molar-refractivity contribution in [2.75, 3.05) is 0 Å². The van der Waals surface area contributed by atoms with E-state index in [4.69, 9.17) is 0 Å². The van der Waals surface area contributed by atoms with Crippen molar-refractivity contribution in [2.45, 2.75) is 6.67 Å². The highest BCUT2D eigenvalue weighted by Crippen LogP contribution is 2.17. The highest BCUT2D eigenvalue weighted by Gasteiger charge is 2.09. The summed E-state index contributed by atoms with van der Waals surface area (Å²) in [5, 5.41) is 10.1. The molecule has 0 radical (unpaired) electrons. The lowest BCUT2D eigenvalue weighted by Gasteiger charge is -1.96. The minimum atomic E-state index is -1.03. The molecule has 0 fully saturated rings. The van der Waals surface area contributed by atoms with Gasteiger partial charge in [-0.2, -0.15) is 0 Å². The summed E-state index contributed by atoms with van der Waals surface area (Å²) in [5.41, 5.74) is -0.590. The van der Waals surface area contributed by atoms with E-state index in [1.807, 2.05) is 0 Å². The molecule has 0 aliphatic carbocycles. The molecule has 0 amide bonds. The molecule has 0 saturated carbocycles. The van der Waals surface area contributed by atoms with Crippen LogP contribution in [0.25, 0.3) is 0 Å². The van der Waals surface area contributed by atoms with Crippen LogP contribution < -0.4 is 0 Å². The molecule has 0 N–H and O–H groups in total. The summed E-state index contributed by atoms with van der Waals surface area (Å²) in [6.07, 6.45) is 0. The van der Waals surface area contributed by atoms with Gasteiger partial charge >= 0.3 is 0 Å². The molecule has 0 unspecified atom stereocenters. The maximum Gasteiger partial charge on any atom is 0.270 e. The number of non-ortho nitro benzene ring substituents is 1. The van der Waals surface area contributed by atoms with Crippen molar-refractivity contribution in [3.8, 4) is 0 Å². The third-order valence-electron chi connectivity index (χ3n) is 1.38. The van der Waals surface area contributed by atoms with Gasteiger partial charge in [0.25, 0.3) is 5.69 Å². The quantitative estimate of drug-likeness (QED) is 0.508. The molecule has 0 heterocycles. The van der Waals surface area contributed by atoms with E-state index in [2.05, 4.69) is 0 Å². The number of hydrogen-bond acceptors (Lipinski definition) is 2. The van der Waals surface area contributed by atoms with Crippen molar-refractivity contribution in [3.63, 3.8) is 0 Å². The van der Waals surface area contributed by atoms with Crippen molar-refractivity contribution in [3.05, 3.63) is 39.7 Å². The van der Waals surface area contributed by atoms with E-state index in [1.165, 1.54) is 0 Å². The van der Waals surface area contributed by atoms with Crippen molar-refractivity contribution >= 4 is 5.69 Å². The molecule has 1 rings (SSSR count). The lowest BCUT2D eigenvalue weighted by molar-refractivity contribution is -0.385. The largest absolute Gasteiger partial charge is 0.270 e. The highest BCUT2D eigenvalue weighted by atomic mass is 19.1. The first-order chi connectivity index (χ1) is 5.65. The topological polar surface area (TPSA) is 43.1 Å². The SMILES string of the molecule is O=[N+]([O-])c1ccc(F)c(CF)c1. The fraction of sp³-hybridized carbons (Fsp3) is 0.143. The van der Waals surface area contributed by atoms with Gasteiger partial charge in [-0.1, -0.05) is 0 Å². The van der Waals surface area contributed by atoms with Crippen molar-refractivity contribution in [1.29, 1.82) is 0 Å². The zero-order valence-electron chi connectivity index (χ0n) is 5.96. The lowest BCUT2D eigenvalue weighted by Crippen LogP contribution is -1.92. The second-order valence-corrected chi connectivity index (χ2v) is 2.17. The Morgan fingerprint density at radius 2 is 2.17 bits per heavy atom. The molecule has 0 aliphatic rings. The Balaban J connectivity index is 3.13. The van der Waals surface area contributed by atoms with Crippen LogP contribution in [0.15, 0.2) is 18.2 Å². The van der Waals surface area contributed by atoms with Crippen LogP contribution in [-0.2, 0) is 6.67 Å². The van der Waals surface area contributed by atoms with E-state index >= 15 is 0 Å². The van der Waals surface area contributed by atoms with Crippen molar-refractivity contribution < 1.29 is 13.7 Å². The fourth-order valence-corrected chi connectivity index (χ4v) is 0.777. The number of benzene rings is 1. The Morgan fingerprint density at radius 1 is 1.50 bits per heavy atom. The Morgan fingerprint density at radius 3 is 2.67 bits per heavy atom. The zero-order valence-corrected chi connectivity index (χ0v) is 5.96. The molecule has 1 aromatic rings. The zero-order chi connectivity index (χ0) is 9.14. The molecule has 3 nitrogen and oxygen atoms in total. The molecule has 5 heteroatoms. The van der Waals surface area contributed by atoms with Gasteiger partial charge in [0.1, 0.15) is 12.5 Å². The number of alkyl halides is 1. The molecule has 0 aromatic heterocycles. The van der Waals surface area contributed by atoms with E-state index < -0.39 is 17.4 Å². The van der Waals surface area contributed by atoms with E-state index in [0.29, 0.717) is 0 Å². The van der Waals surface area contributed by atoms with Gasteiger partial charge < -0.3 is 0 Å². The lowest BCUT2D eigenvalue weighted by atomic mass is 10.2. The maximum absolute atomic E-state index is 12.6. The summed E-state index contributed by atoms with van der Waals surface area (Å²) < 4.78 is 24.5. The molecule has 0 spiro atoms. The fourth-order valence-electron chi connectivity index (χ4n) is 0.777. The first-order valence-electron chi connectivity index (χ1n) is 3.14. The number of nitrogens with zero attached hydrogens (tertiary/aromatic N) is 1. The van der Waals surface area contributed by atoms with Gasteiger partial charge in [-0.3, -0.25) is 10.1 Å². The normalized spacial score (nSPS) is 9.83. The summed E-state index contributed by atoms with van der Waals surface area (Å²) in [4.78, 5) is 9.45. The van der Waals surface area contributed by atoms with Gasteiger partial charge in [0, 0.05) is 17.7 Å². The Hall–Kier alpha value is -1.52. The van der Waals surface area contributed by atoms with Crippen LogP contribution in [0.5, 0.6) is 0 Å². The first kappa shape index (κ1) is 8.58. The van der Waals surface area contributed by atoms with Gasteiger partial charge in [-0.25, -0.2) is 8.78 Å². The molecule has 1 aromatic carbocycles. The van der Waals surface area contributed by atoms with Crippen LogP contribution in [0.4, 0.5) is 14.5 Å². The van der Waals surface area contributed by atoms with Crippen LogP contribution in [0.2, 0.25) is 0 Å². The van der Waals surface area contributed by atoms with Crippen LogP contribution in [-0.4, -0.2) is 4.92 Å². The average molecular weight is 173 g/mol. The second kappa shape index (κ2) is 3.25. The molecular formula is C7H5F2NO2. The van der Waals surface area contributed by atoms with Crippen molar-refractivity contribution in [1.82, 2.24) is 0 Å². The van der Waals surface area contributed by atoms with E-state index in [0.717, 1.165) is 18.2 Å². The van der Waals surface area contributed by atoms with Crippen LogP contribution in [0.1, 0.15) is 5.56 Å². The minimum absolute atomic E-state index is 0.288. The minimum Gasteiger partial charge on any atom is -0.258 e. The Labute approximate surface area is 66.8 Å². The molecule has 64 valence electrons. The van der Waals surface area contributed by atoms with Gasteiger partial charge in [0.05, 0.1) is 4.92 Å². The summed E-state index contributed by atoms with van der Waals surface area (Å²) in [6, 6.07) is 2.76. The second-order valence-electron chi connectivity index (χ2n) is 2.17. The predicted molar refractivity (Wildman–Crippen MR) is 37.9 cm³/mol. The van der Waals surface area contributed by atoms with Crippen molar-refractivity contribution in [2.24, 2.45) is 0 Å². The molecule has 0 saturated heterocycles. The number of nitro benzene ring substituents is 1. The highest BCUT2D eigenvalue weighted by molar-refractivity contribution is 5.34. The van der Waals surface area contributed by atoms with Crippen LogP contribution >= 0.6 is 0 Å². The van der Waals surface area contributed by atoms with Crippen LogP contribution in [0.3, 0.4) is 0 Å². The number of hydrogen-bond donors (Lipinski definition) is 0. The third-order valence-corrected chi connectivity index (χ3v) is 1.38. The predicted octanol–water partition coefficient (Wildman–Crippen LogP) is 2.20. The van der Waals surface area contributed by atoms with Crippen LogP contribution in [0, 0.1) is 15.9 Å². The molecule has 0 bridgehead atoms. The summed E-state index contributed by atoms with van der Waals surface area (Å²) in [7, 11) is 0. The third kappa shape index (κ3) is 1.55. The van der Waals surface area contributed by atoms with Gasteiger partial charge in [0.15, 0.2) is 0 Å². The summed E-state index contributed by atoms with van der Waals surface area (Å²) in [6.45, 7) is -1.03. The Bertz CT molecular complexity index is 314. The number of rotatable bonds is 2. The summed E-state index contributed by atoms with van der Waals surface area (Å²) >= 11 is 0. The Kier molecular flexibility index (Phi) is 2.32. The van der Waals surface area contributed by atoms with Gasteiger partial charge in [-0.15, -0.1) is 0 Å². The molecule has 0 atom stereocenters. The monoisotopic (exact) mass is 173 g/mol. The number of nitro groups is 1.